The van der Waals surface area contributed by atoms with E-state index in [1.54, 1.807) is 37.3 Å². The zero-order chi connectivity index (χ0) is 14.7. The lowest BCUT2D eigenvalue weighted by molar-refractivity contribution is -0.385. The summed E-state index contributed by atoms with van der Waals surface area (Å²) in [6.45, 7) is 1.79. The third-order valence-corrected chi connectivity index (χ3v) is 2.78. The topological polar surface area (TPSA) is 102 Å². The van der Waals surface area contributed by atoms with E-state index in [9.17, 15) is 10.1 Å². The molecule has 0 fully saturated rings. The van der Waals surface area contributed by atoms with Crippen molar-refractivity contribution < 1.29 is 9.66 Å². The van der Waals surface area contributed by atoms with Crippen LogP contribution >= 0.6 is 0 Å². The third-order valence-electron chi connectivity index (χ3n) is 2.78. The number of ether oxygens (including phenoxy) is 1. The minimum absolute atomic E-state index is 0.0280. The summed E-state index contributed by atoms with van der Waals surface area (Å²) in [5.41, 5.74) is 6.72. The monoisotopic (exact) mass is 271 g/mol. The molecular weight excluding hydrogens is 258 g/mol. The van der Waals surface area contributed by atoms with E-state index in [-0.39, 0.29) is 17.3 Å². The lowest BCUT2D eigenvalue weighted by Crippen LogP contribution is -2.12. The predicted octanol–water partition coefficient (Wildman–Crippen LogP) is 2.98. The van der Waals surface area contributed by atoms with Gasteiger partial charge in [-0.05, 0) is 36.8 Å². The number of nitrogens with two attached hydrogens (primary N) is 1. The number of nitro benzene ring substituents is 1. The van der Waals surface area contributed by atoms with Gasteiger partial charge in [-0.15, -0.1) is 0 Å². The van der Waals surface area contributed by atoms with Crippen LogP contribution in [0.15, 0.2) is 42.5 Å². The summed E-state index contributed by atoms with van der Waals surface area (Å²) in [4.78, 5) is 10.4. The van der Waals surface area contributed by atoms with E-state index in [1.807, 2.05) is 0 Å². The maximum atomic E-state index is 10.9. The number of amidine groups is 1. The van der Waals surface area contributed by atoms with Crippen molar-refractivity contribution >= 4 is 11.5 Å². The minimum Gasteiger partial charge on any atom is -0.450 e. The van der Waals surface area contributed by atoms with Crippen LogP contribution in [0, 0.1) is 22.4 Å². The van der Waals surface area contributed by atoms with Gasteiger partial charge in [0.25, 0.3) is 0 Å². The summed E-state index contributed by atoms with van der Waals surface area (Å²) < 4.78 is 5.53. The van der Waals surface area contributed by atoms with Gasteiger partial charge in [0.2, 0.25) is 5.75 Å². The van der Waals surface area contributed by atoms with Crippen LogP contribution in [0.2, 0.25) is 0 Å². The van der Waals surface area contributed by atoms with E-state index < -0.39 is 4.92 Å². The van der Waals surface area contributed by atoms with E-state index in [4.69, 9.17) is 15.9 Å². The minimum atomic E-state index is -0.494. The zero-order valence-corrected chi connectivity index (χ0v) is 10.8. The van der Waals surface area contributed by atoms with Gasteiger partial charge in [0.1, 0.15) is 11.6 Å². The molecule has 0 saturated carbocycles. The van der Waals surface area contributed by atoms with Gasteiger partial charge in [0.15, 0.2) is 0 Å². The van der Waals surface area contributed by atoms with E-state index in [0.29, 0.717) is 11.3 Å². The van der Waals surface area contributed by atoms with Crippen molar-refractivity contribution in [3.05, 3.63) is 63.7 Å². The first-order chi connectivity index (χ1) is 9.49. The molecule has 0 aliphatic carbocycles. The molecule has 0 radical (unpaired) electrons. The number of nitrogen functional groups attached to an aromatic ring is 1. The fraction of sp³-hybridized carbons (Fsp3) is 0.0714. The van der Waals surface area contributed by atoms with Crippen LogP contribution < -0.4 is 10.5 Å². The standard InChI is InChI=1S/C14H13N3O3/c1-9-8-10(6-7-11(9)14(15)16)20-13-5-3-2-4-12(13)17(18)19/h2-8H,1H3,(H3,15,16). The summed E-state index contributed by atoms with van der Waals surface area (Å²) in [5.74, 6) is 0.606. The number of hydrogen-bond donors (Lipinski definition) is 2. The Balaban J connectivity index is 2.34. The molecule has 0 unspecified atom stereocenters. The average molecular weight is 271 g/mol. The van der Waals surface area contributed by atoms with Crippen molar-refractivity contribution in [2.75, 3.05) is 0 Å². The molecule has 6 heteroatoms. The predicted molar refractivity (Wildman–Crippen MR) is 75.4 cm³/mol. The highest BCUT2D eigenvalue weighted by Crippen LogP contribution is 2.31. The van der Waals surface area contributed by atoms with Gasteiger partial charge in [0, 0.05) is 11.6 Å². The highest BCUT2D eigenvalue weighted by atomic mass is 16.6. The van der Waals surface area contributed by atoms with E-state index >= 15 is 0 Å². The smallest absolute Gasteiger partial charge is 0.311 e. The van der Waals surface area contributed by atoms with Gasteiger partial charge in [0.05, 0.1) is 4.92 Å². The van der Waals surface area contributed by atoms with E-state index in [0.717, 1.165) is 5.56 Å². The molecule has 20 heavy (non-hydrogen) atoms. The molecule has 0 bridgehead atoms. The quantitative estimate of drug-likeness (QED) is 0.386. The second kappa shape index (κ2) is 5.40. The molecule has 2 aromatic rings. The van der Waals surface area contributed by atoms with Crippen molar-refractivity contribution in [2.45, 2.75) is 6.92 Å². The Bertz CT molecular complexity index is 683. The van der Waals surface area contributed by atoms with Crippen molar-refractivity contribution in [3.8, 4) is 11.5 Å². The molecule has 2 aromatic carbocycles. The molecule has 6 nitrogen and oxygen atoms in total. The Labute approximate surface area is 115 Å². The van der Waals surface area contributed by atoms with Crippen LogP contribution in [0.25, 0.3) is 0 Å². The molecule has 102 valence electrons. The molecule has 0 saturated heterocycles. The Morgan fingerprint density at radius 2 is 2.00 bits per heavy atom. The third kappa shape index (κ3) is 2.74. The number of nitrogens with one attached hydrogen (secondary N) is 1. The summed E-state index contributed by atoms with van der Waals surface area (Å²) in [7, 11) is 0. The largest absolute Gasteiger partial charge is 0.450 e. The van der Waals surface area contributed by atoms with Crippen molar-refractivity contribution in [2.24, 2.45) is 5.73 Å². The van der Waals surface area contributed by atoms with Gasteiger partial charge >= 0.3 is 5.69 Å². The molecule has 0 amide bonds. The van der Waals surface area contributed by atoms with Crippen molar-refractivity contribution in [1.29, 1.82) is 5.41 Å². The summed E-state index contributed by atoms with van der Waals surface area (Å²) in [5, 5.41) is 18.3. The first-order valence-electron chi connectivity index (χ1n) is 5.85. The van der Waals surface area contributed by atoms with Crippen molar-refractivity contribution in [1.82, 2.24) is 0 Å². The van der Waals surface area contributed by atoms with Gasteiger partial charge in [-0.25, -0.2) is 0 Å². The molecule has 0 atom stereocenters. The lowest BCUT2D eigenvalue weighted by Gasteiger charge is -2.09. The Morgan fingerprint density at radius 3 is 2.60 bits per heavy atom. The first kappa shape index (κ1) is 13.5. The van der Waals surface area contributed by atoms with Crippen LogP contribution in [-0.2, 0) is 0 Å². The molecular formula is C14H13N3O3. The lowest BCUT2D eigenvalue weighted by atomic mass is 10.1. The fourth-order valence-corrected chi connectivity index (χ4v) is 1.82. The summed E-state index contributed by atoms with van der Waals surface area (Å²) in [6.07, 6.45) is 0. The maximum absolute atomic E-state index is 10.9. The van der Waals surface area contributed by atoms with E-state index in [1.165, 1.54) is 12.1 Å². The Hall–Kier alpha value is -2.89. The Morgan fingerprint density at radius 1 is 1.30 bits per heavy atom. The van der Waals surface area contributed by atoms with Crippen LogP contribution in [0.3, 0.4) is 0 Å². The number of rotatable bonds is 4. The van der Waals surface area contributed by atoms with E-state index in [2.05, 4.69) is 0 Å². The number of para-hydroxylation sites is 2. The number of hydrogen-bond acceptors (Lipinski definition) is 4. The molecule has 0 heterocycles. The fourth-order valence-electron chi connectivity index (χ4n) is 1.82. The molecule has 0 aromatic heterocycles. The maximum Gasteiger partial charge on any atom is 0.311 e. The molecule has 2 rings (SSSR count). The van der Waals surface area contributed by atoms with Crippen LogP contribution in [0.4, 0.5) is 5.69 Å². The zero-order valence-electron chi connectivity index (χ0n) is 10.8. The number of nitro groups is 1. The first-order valence-corrected chi connectivity index (χ1v) is 5.85. The highest BCUT2D eigenvalue weighted by molar-refractivity contribution is 5.96. The molecule has 0 aliphatic rings. The number of nitrogens with zero attached hydrogens (tertiary/aromatic N) is 1. The van der Waals surface area contributed by atoms with Gasteiger partial charge in [-0.1, -0.05) is 12.1 Å². The van der Waals surface area contributed by atoms with Gasteiger partial charge < -0.3 is 10.5 Å². The second-order valence-corrected chi connectivity index (χ2v) is 4.22. The highest BCUT2D eigenvalue weighted by Gasteiger charge is 2.14. The van der Waals surface area contributed by atoms with Gasteiger partial charge in [-0.2, -0.15) is 0 Å². The van der Waals surface area contributed by atoms with Crippen LogP contribution in [0.5, 0.6) is 11.5 Å². The number of benzene rings is 2. The summed E-state index contributed by atoms with van der Waals surface area (Å²) >= 11 is 0. The van der Waals surface area contributed by atoms with Crippen LogP contribution in [0.1, 0.15) is 11.1 Å². The van der Waals surface area contributed by atoms with Crippen LogP contribution in [-0.4, -0.2) is 10.8 Å². The normalized spacial score (nSPS) is 10.1. The Kier molecular flexibility index (Phi) is 3.65. The van der Waals surface area contributed by atoms with Crippen molar-refractivity contribution in [3.63, 3.8) is 0 Å². The average Bonchev–Trinajstić information content (AvgIpc) is 2.38. The number of aryl methyl sites for hydroxylation is 1. The second-order valence-electron chi connectivity index (χ2n) is 4.22. The SMILES string of the molecule is Cc1cc(Oc2ccccc2[N+](=O)[O-])ccc1C(=N)N. The molecule has 0 spiro atoms. The summed E-state index contributed by atoms with van der Waals surface area (Å²) in [6, 6.07) is 11.1. The molecule has 0 aliphatic heterocycles. The van der Waals surface area contributed by atoms with Gasteiger partial charge in [-0.3, -0.25) is 15.5 Å². The molecule has 3 N–H and O–H groups in total.